The van der Waals surface area contributed by atoms with Crippen molar-refractivity contribution in [2.24, 2.45) is 0 Å². The van der Waals surface area contributed by atoms with Crippen molar-refractivity contribution in [1.82, 2.24) is 4.98 Å². The van der Waals surface area contributed by atoms with E-state index in [0.717, 1.165) is 0 Å². The molecule has 0 fully saturated rings. The Morgan fingerprint density at radius 2 is 2.18 bits per heavy atom. The minimum absolute atomic E-state index is 0.255. The number of aromatic nitrogens is 1. The van der Waals surface area contributed by atoms with Crippen LogP contribution in [-0.2, 0) is 0 Å². The predicted molar refractivity (Wildman–Crippen MR) is 63.7 cm³/mol. The van der Waals surface area contributed by atoms with Crippen molar-refractivity contribution in [3.63, 3.8) is 0 Å². The van der Waals surface area contributed by atoms with Crippen molar-refractivity contribution >= 4 is 23.2 Å². The molecule has 0 spiro atoms. The third kappa shape index (κ3) is 1.72. The summed E-state index contributed by atoms with van der Waals surface area (Å²) < 4.78 is 5.57. The SMILES string of the molecule is O=C1Nc2cccnc2Oc2ccc(Cl)cc21. The van der Waals surface area contributed by atoms with Crippen molar-refractivity contribution in [1.29, 1.82) is 0 Å². The number of hydrogen-bond acceptors (Lipinski definition) is 3. The molecule has 0 saturated heterocycles. The minimum atomic E-state index is -0.255. The fourth-order valence-electron chi connectivity index (χ4n) is 1.63. The van der Waals surface area contributed by atoms with E-state index in [2.05, 4.69) is 10.3 Å². The molecule has 3 rings (SSSR count). The summed E-state index contributed by atoms with van der Waals surface area (Å²) >= 11 is 5.86. The second-order valence-corrected chi connectivity index (χ2v) is 3.99. The number of carbonyl (C=O) groups is 1. The summed E-state index contributed by atoms with van der Waals surface area (Å²) in [6.07, 6.45) is 1.60. The summed E-state index contributed by atoms with van der Waals surface area (Å²) in [4.78, 5) is 16.0. The monoisotopic (exact) mass is 246 g/mol. The maximum atomic E-state index is 11.9. The number of anilines is 1. The van der Waals surface area contributed by atoms with Crippen LogP contribution in [0.4, 0.5) is 5.69 Å². The molecule has 2 aromatic rings. The van der Waals surface area contributed by atoms with Crippen LogP contribution in [0.2, 0.25) is 5.02 Å². The molecule has 0 bridgehead atoms. The van der Waals surface area contributed by atoms with Gasteiger partial charge in [-0.15, -0.1) is 0 Å². The van der Waals surface area contributed by atoms with E-state index in [1.807, 2.05) is 0 Å². The van der Waals surface area contributed by atoms with Gasteiger partial charge in [-0.1, -0.05) is 11.6 Å². The average molecular weight is 247 g/mol. The normalized spacial score (nSPS) is 12.9. The molecule has 0 radical (unpaired) electrons. The quantitative estimate of drug-likeness (QED) is 0.777. The number of nitrogens with zero attached hydrogens (tertiary/aromatic N) is 1. The maximum absolute atomic E-state index is 11.9. The Labute approximate surface area is 102 Å². The molecular formula is C12H7ClN2O2. The highest BCUT2D eigenvalue weighted by molar-refractivity contribution is 6.31. The highest BCUT2D eigenvalue weighted by Crippen LogP contribution is 2.34. The number of benzene rings is 1. The number of nitrogens with one attached hydrogen (secondary N) is 1. The summed E-state index contributed by atoms with van der Waals surface area (Å²) in [6.45, 7) is 0. The van der Waals surface area contributed by atoms with Crippen molar-refractivity contribution in [2.75, 3.05) is 5.32 Å². The Balaban J connectivity index is 2.17. The molecule has 0 saturated carbocycles. The molecule has 0 aliphatic carbocycles. The first-order valence-electron chi connectivity index (χ1n) is 4.98. The highest BCUT2D eigenvalue weighted by atomic mass is 35.5. The third-order valence-corrected chi connectivity index (χ3v) is 2.65. The van der Waals surface area contributed by atoms with Gasteiger partial charge in [0.05, 0.1) is 5.56 Å². The van der Waals surface area contributed by atoms with E-state index in [0.29, 0.717) is 27.9 Å². The van der Waals surface area contributed by atoms with E-state index < -0.39 is 0 Å². The Hall–Kier alpha value is -2.07. The maximum Gasteiger partial charge on any atom is 0.259 e. The zero-order valence-electron chi connectivity index (χ0n) is 8.61. The number of pyridine rings is 1. The number of hydrogen-bond donors (Lipinski definition) is 1. The van der Waals surface area contributed by atoms with Gasteiger partial charge in [0.2, 0.25) is 5.88 Å². The lowest BCUT2D eigenvalue weighted by Gasteiger charge is -2.05. The van der Waals surface area contributed by atoms with Crippen molar-refractivity contribution in [3.05, 3.63) is 47.1 Å². The fraction of sp³-hybridized carbons (Fsp3) is 0. The Bertz CT molecular complexity index is 613. The van der Waals surface area contributed by atoms with Crippen LogP contribution in [0.25, 0.3) is 0 Å². The van der Waals surface area contributed by atoms with Crippen LogP contribution < -0.4 is 10.1 Å². The molecule has 5 heteroatoms. The third-order valence-electron chi connectivity index (χ3n) is 2.41. The van der Waals surface area contributed by atoms with Crippen molar-refractivity contribution < 1.29 is 9.53 Å². The van der Waals surface area contributed by atoms with Crippen LogP contribution in [0.3, 0.4) is 0 Å². The van der Waals surface area contributed by atoms with Crippen LogP contribution in [0, 0.1) is 0 Å². The van der Waals surface area contributed by atoms with E-state index >= 15 is 0 Å². The lowest BCUT2D eigenvalue weighted by Crippen LogP contribution is -2.10. The molecule has 1 aliphatic rings. The molecule has 17 heavy (non-hydrogen) atoms. The Kier molecular flexibility index (Phi) is 2.23. The summed E-state index contributed by atoms with van der Waals surface area (Å²) in [5.41, 5.74) is 0.945. The van der Waals surface area contributed by atoms with E-state index in [1.54, 1.807) is 36.5 Å². The molecule has 84 valence electrons. The second kappa shape index (κ2) is 3.75. The van der Waals surface area contributed by atoms with Gasteiger partial charge in [-0.2, -0.15) is 0 Å². The lowest BCUT2D eigenvalue weighted by molar-refractivity contribution is 0.102. The van der Waals surface area contributed by atoms with E-state index in [4.69, 9.17) is 16.3 Å². The summed E-state index contributed by atoms with van der Waals surface area (Å²) in [5, 5.41) is 3.21. The second-order valence-electron chi connectivity index (χ2n) is 3.55. The summed E-state index contributed by atoms with van der Waals surface area (Å²) in [6, 6.07) is 8.35. The van der Waals surface area contributed by atoms with Gasteiger partial charge in [0.1, 0.15) is 11.4 Å². The first-order chi connectivity index (χ1) is 8.24. The Morgan fingerprint density at radius 3 is 3.06 bits per heavy atom. The van der Waals surface area contributed by atoms with E-state index in [-0.39, 0.29) is 5.91 Å². The van der Waals surface area contributed by atoms with E-state index in [9.17, 15) is 4.79 Å². The molecule has 0 atom stereocenters. The first kappa shape index (κ1) is 10.1. The number of carbonyl (C=O) groups excluding carboxylic acids is 1. The van der Waals surface area contributed by atoms with Gasteiger partial charge in [-0.3, -0.25) is 4.79 Å². The van der Waals surface area contributed by atoms with Crippen LogP contribution in [0.1, 0.15) is 10.4 Å². The van der Waals surface area contributed by atoms with Gasteiger partial charge in [-0.25, -0.2) is 4.98 Å². The standard InChI is InChI=1S/C12H7ClN2O2/c13-7-3-4-10-8(6-7)11(16)15-9-2-1-5-14-12(9)17-10/h1-6H,(H,15,16). The zero-order valence-corrected chi connectivity index (χ0v) is 9.36. The molecule has 1 aliphatic heterocycles. The minimum Gasteiger partial charge on any atom is -0.436 e. The lowest BCUT2D eigenvalue weighted by atomic mass is 10.2. The topological polar surface area (TPSA) is 51.2 Å². The Morgan fingerprint density at radius 1 is 1.29 bits per heavy atom. The van der Waals surface area contributed by atoms with E-state index in [1.165, 1.54) is 0 Å². The van der Waals surface area contributed by atoms with Gasteiger partial charge in [0.25, 0.3) is 5.91 Å². The first-order valence-corrected chi connectivity index (χ1v) is 5.35. The molecule has 1 aromatic heterocycles. The molecule has 1 N–H and O–H groups in total. The van der Waals surface area contributed by atoms with Crippen molar-refractivity contribution in [3.8, 4) is 11.6 Å². The van der Waals surface area contributed by atoms with Crippen LogP contribution in [0.5, 0.6) is 11.6 Å². The van der Waals surface area contributed by atoms with Crippen LogP contribution >= 0.6 is 11.6 Å². The number of fused-ring (bicyclic) bond motifs is 2. The molecule has 0 unspecified atom stereocenters. The summed E-state index contributed by atoms with van der Waals surface area (Å²) in [7, 11) is 0. The van der Waals surface area contributed by atoms with Crippen LogP contribution in [-0.4, -0.2) is 10.9 Å². The van der Waals surface area contributed by atoms with Gasteiger partial charge in [-0.05, 0) is 30.3 Å². The number of ether oxygens (including phenoxy) is 1. The molecule has 2 heterocycles. The molecule has 1 aromatic carbocycles. The van der Waals surface area contributed by atoms with Crippen LogP contribution in [0.15, 0.2) is 36.5 Å². The van der Waals surface area contributed by atoms with Gasteiger partial charge in [0, 0.05) is 11.2 Å². The average Bonchev–Trinajstić information content (AvgIpc) is 2.46. The number of halogens is 1. The van der Waals surface area contributed by atoms with Gasteiger partial charge < -0.3 is 10.1 Å². The molecule has 1 amide bonds. The van der Waals surface area contributed by atoms with Crippen molar-refractivity contribution in [2.45, 2.75) is 0 Å². The summed E-state index contributed by atoms with van der Waals surface area (Å²) in [5.74, 6) is 0.570. The molecular weight excluding hydrogens is 240 g/mol. The number of rotatable bonds is 0. The fourth-order valence-corrected chi connectivity index (χ4v) is 1.80. The number of amides is 1. The predicted octanol–water partition coefficient (Wildman–Crippen LogP) is 3.09. The smallest absolute Gasteiger partial charge is 0.259 e. The highest BCUT2D eigenvalue weighted by Gasteiger charge is 2.21. The zero-order chi connectivity index (χ0) is 11.8. The van der Waals surface area contributed by atoms with Gasteiger partial charge in [0.15, 0.2) is 0 Å². The molecule has 4 nitrogen and oxygen atoms in total. The largest absolute Gasteiger partial charge is 0.436 e. The van der Waals surface area contributed by atoms with Gasteiger partial charge >= 0.3 is 0 Å².